The number of nitrogens with two attached hydrogens (primary N) is 1. The van der Waals surface area contributed by atoms with Crippen LogP contribution in [0.1, 0.15) is 31.8 Å². The number of ketones is 1. The lowest BCUT2D eigenvalue weighted by molar-refractivity contribution is 0.0952. The molecule has 0 saturated heterocycles. The normalized spacial score (nSPS) is 11.1. The van der Waals surface area contributed by atoms with Crippen molar-refractivity contribution in [1.82, 2.24) is 5.32 Å². The molecule has 0 aliphatic heterocycles. The first-order chi connectivity index (χ1) is 14.3. The van der Waals surface area contributed by atoms with E-state index in [1.807, 2.05) is 30.3 Å². The van der Waals surface area contributed by atoms with Crippen molar-refractivity contribution < 1.29 is 18.0 Å². The maximum Gasteiger partial charge on any atom is 0.251 e. The van der Waals surface area contributed by atoms with E-state index in [0.29, 0.717) is 24.1 Å². The summed E-state index contributed by atoms with van der Waals surface area (Å²) >= 11 is 5.85. The molecule has 154 valence electrons. The molecule has 0 radical (unpaired) electrons. The van der Waals surface area contributed by atoms with Crippen LogP contribution in [0.25, 0.3) is 0 Å². The molecule has 0 bridgehead atoms. The third kappa shape index (κ3) is 5.33. The summed E-state index contributed by atoms with van der Waals surface area (Å²) in [7, 11) is -4.06. The minimum absolute atomic E-state index is 0.0587. The highest BCUT2D eigenvalue weighted by atomic mass is 35.5. The molecular formula is C22H19ClN2O4S. The Morgan fingerprint density at radius 2 is 1.47 bits per heavy atom. The molecular weight excluding hydrogens is 424 g/mol. The average molecular weight is 443 g/mol. The summed E-state index contributed by atoms with van der Waals surface area (Å²) in [6.45, 7) is 0.491. The van der Waals surface area contributed by atoms with Crippen molar-refractivity contribution in [3.05, 3.63) is 100 Å². The molecule has 3 aromatic carbocycles. The van der Waals surface area contributed by atoms with E-state index in [2.05, 4.69) is 5.32 Å². The predicted octanol–water partition coefficient (Wildman–Crippen LogP) is 3.19. The van der Waals surface area contributed by atoms with Gasteiger partial charge in [-0.15, -0.1) is 0 Å². The van der Waals surface area contributed by atoms with Gasteiger partial charge in [-0.2, -0.15) is 0 Å². The Bertz CT molecular complexity index is 1180. The molecule has 3 N–H and O–H groups in total. The molecule has 0 spiro atoms. The van der Waals surface area contributed by atoms with Crippen molar-refractivity contribution in [2.45, 2.75) is 11.3 Å². The SMILES string of the molecule is NS(=O)(=O)c1cc(C(=O)c2ccc(C(=O)NCCc3ccccc3)cc2)ccc1Cl. The lowest BCUT2D eigenvalue weighted by Gasteiger charge is -2.08. The zero-order chi connectivity index (χ0) is 21.7. The number of halogens is 1. The molecule has 30 heavy (non-hydrogen) atoms. The third-order valence-corrected chi connectivity index (χ3v) is 5.84. The van der Waals surface area contributed by atoms with Crippen molar-refractivity contribution in [2.75, 3.05) is 6.54 Å². The molecule has 0 atom stereocenters. The van der Waals surface area contributed by atoms with Crippen LogP contribution in [0.2, 0.25) is 5.02 Å². The number of hydrogen-bond acceptors (Lipinski definition) is 4. The summed E-state index contributed by atoms with van der Waals surface area (Å²) in [5, 5.41) is 7.91. The van der Waals surface area contributed by atoms with E-state index in [1.165, 1.54) is 24.3 Å². The van der Waals surface area contributed by atoms with Gasteiger partial charge in [0.05, 0.1) is 5.02 Å². The Labute approximate surface area is 179 Å². The lowest BCUT2D eigenvalue weighted by Crippen LogP contribution is -2.25. The Kier molecular flexibility index (Phi) is 6.66. The van der Waals surface area contributed by atoms with Gasteiger partial charge in [-0.1, -0.05) is 54.1 Å². The number of benzene rings is 3. The van der Waals surface area contributed by atoms with E-state index in [9.17, 15) is 18.0 Å². The van der Waals surface area contributed by atoms with Crippen molar-refractivity contribution in [2.24, 2.45) is 5.14 Å². The van der Waals surface area contributed by atoms with Crippen molar-refractivity contribution >= 4 is 33.3 Å². The molecule has 0 aromatic heterocycles. The Morgan fingerprint density at radius 3 is 2.10 bits per heavy atom. The molecule has 3 rings (SSSR count). The zero-order valence-electron chi connectivity index (χ0n) is 15.8. The van der Waals surface area contributed by atoms with E-state index in [-0.39, 0.29) is 21.4 Å². The fraction of sp³-hybridized carbons (Fsp3) is 0.0909. The number of nitrogens with one attached hydrogen (secondary N) is 1. The largest absolute Gasteiger partial charge is 0.352 e. The van der Waals surface area contributed by atoms with Crippen molar-refractivity contribution in [3.63, 3.8) is 0 Å². The van der Waals surface area contributed by atoms with Gasteiger partial charge in [0.25, 0.3) is 5.91 Å². The first kappa shape index (κ1) is 21.7. The van der Waals surface area contributed by atoms with Gasteiger partial charge in [-0.3, -0.25) is 9.59 Å². The van der Waals surface area contributed by atoms with Gasteiger partial charge in [0.2, 0.25) is 10.0 Å². The third-order valence-electron chi connectivity index (χ3n) is 4.45. The van der Waals surface area contributed by atoms with Gasteiger partial charge >= 0.3 is 0 Å². The molecule has 0 fully saturated rings. The number of primary sulfonamides is 1. The number of amides is 1. The van der Waals surface area contributed by atoms with E-state index in [1.54, 1.807) is 12.1 Å². The van der Waals surface area contributed by atoms with Crippen LogP contribution in [0.4, 0.5) is 0 Å². The second-order valence-electron chi connectivity index (χ2n) is 6.59. The van der Waals surface area contributed by atoms with Crippen LogP contribution in [0.5, 0.6) is 0 Å². The number of carbonyl (C=O) groups excluding carboxylic acids is 2. The van der Waals surface area contributed by atoms with Gasteiger partial charge in [-0.25, -0.2) is 13.6 Å². The molecule has 8 heteroatoms. The lowest BCUT2D eigenvalue weighted by atomic mass is 10.0. The second-order valence-corrected chi connectivity index (χ2v) is 8.53. The van der Waals surface area contributed by atoms with E-state index in [0.717, 1.165) is 11.6 Å². The minimum Gasteiger partial charge on any atom is -0.352 e. The summed E-state index contributed by atoms with van der Waals surface area (Å²) in [6.07, 6.45) is 0.714. The monoisotopic (exact) mass is 442 g/mol. The average Bonchev–Trinajstić information content (AvgIpc) is 2.73. The van der Waals surface area contributed by atoms with E-state index < -0.39 is 15.8 Å². The highest BCUT2D eigenvalue weighted by molar-refractivity contribution is 7.89. The van der Waals surface area contributed by atoms with E-state index >= 15 is 0 Å². The summed E-state index contributed by atoms with van der Waals surface area (Å²) < 4.78 is 23.2. The smallest absolute Gasteiger partial charge is 0.251 e. The van der Waals surface area contributed by atoms with Crippen LogP contribution in [0.3, 0.4) is 0 Å². The quantitative estimate of drug-likeness (QED) is 0.548. The van der Waals surface area contributed by atoms with Crippen LogP contribution < -0.4 is 10.5 Å². The van der Waals surface area contributed by atoms with Crippen LogP contribution >= 0.6 is 11.6 Å². The van der Waals surface area contributed by atoms with E-state index in [4.69, 9.17) is 16.7 Å². The van der Waals surface area contributed by atoms with Gasteiger partial charge in [0.1, 0.15) is 4.90 Å². The standard InChI is InChI=1S/C22H19ClN2O4S/c23-19-11-10-18(14-20(19)30(24,28)29)21(26)16-6-8-17(9-7-16)22(27)25-13-12-15-4-2-1-3-5-15/h1-11,14H,12-13H2,(H,25,27)(H2,24,28,29). The summed E-state index contributed by atoms with van der Waals surface area (Å²) in [5.41, 5.74) is 1.98. The highest BCUT2D eigenvalue weighted by Gasteiger charge is 2.17. The van der Waals surface area contributed by atoms with Crippen molar-refractivity contribution in [3.8, 4) is 0 Å². The van der Waals surface area contributed by atoms with Crippen LogP contribution in [0.15, 0.2) is 77.7 Å². The number of carbonyl (C=O) groups is 2. The number of rotatable bonds is 7. The maximum absolute atomic E-state index is 12.7. The Balaban J connectivity index is 1.68. The zero-order valence-corrected chi connectivity index (χ0v) is 17.4. The summed E-state index contributed by atoms with van der Waals surface area (Å²) in [6, 6.07) is 19.8. The molecule has 0 aliphatic rings. The van der Waals surface area contributed by atoms with Crippen LogP contribution in [-0.4, -0.2) is 26.7 Å². The number of sulfonamides is 1. The van der Waals surface area contributed by atoms with Crippen molar-refractivity contribution in [1.29, 1.82) is 0 Å². The Morgan fingerprint density at radius 1 is 0.867 bits per heavy atom. The molecule has 3 aromatic rings. The van der Waals surface area contributed by atoms with Gasteiger partial charge in [0.15, 0.2) is 5.78 Å². The molecule has 0 aliphatic carbocycles. The number of hydrogen-bond donors (Lipinski definition) is 2. The summed E-state index contributed by atoms with van der Waals surface area (Å²) in [5.74, 6) is -0.652. The first-order valence-electron chi connectivity index (χ1n) is 9.05. The minimum atomic E-state index is -4.06. The van der Waals surface area contributed by atoms with Crippen LogP contribution in [0, 0.1) is 0 Å². The molecule has 0 heterocycles. The molecule has 1 amide bonds. The predicted molar refractivity (Wildman–Crippen MR) is 115 cm³/mol. The first-order valence-corrected chi connectivity index (χ1v) is 11.0. The van der Waals surface area contributed by atoms with Gasteiger partial charge < -0.3 is 5.32 Å². The molecule has 0 saturated carbocycles. The summed E-state index contributed by atoms with van der Waals surface area (Å²) in [4.78, 5) is 24.6. The molecule has 6 nitrogen and oxygen atoms in total. The molecule has 0 unspecified atom stereocenters. The highest BCUT2D eigenvalue weighted by Crippen LogP contribution is 2.23. The Hall–Kier alpha value is -3.00. The fourth-order valence-electron chi connectivity index (χ4n) is 2.87. The fourth-order valence-corrected chi connectivity index (χ4v) is 3.94. The second kappa shape index (κ2) is 9.21. The van der Waals surface area contributed by atoms with Gasteiger partial charge in [-0.05, 0) is 42.3 Å². The topological polar surface area (TPSA) is 106 Å². The van der Waals surface area contributed by atoms with Crippen LogP contribution in [-0.2, 0) is 16.4 Å². The maximum atomic E-state index is 12.7. The van der Waals surface area contributed by atoms with Gasteiger partial charge in [0, 0.05) is 23.2 Å².